The van der Waals surface area contributed by atoms with E-state index in [-0.39, 0.29) is 0 Å². The lowest BCUT2D eigenvalue weighted by Gasteiger charge is -1.75. The van der Waals surface area contributed by atoms with Gasteiger partial charge in [0, 0.05) is 10.7 Å². The normalized spacial score (nSPS) is 11.0. The minimum atomic E-state index is -3.63. The standard InChI is InChI=1S/C2H2ClO3S/c3-7(5,6)2-1-4/h2H2. The van der Waals surface area contributed by atoms with E-state index < -0.39 is 14.8 Å². The maximum Gasteiger partial charge on any atom is 0.240 e. The molecule has 0 fully saturated rings. The Morgan fingerprint density at radius 3 is 2.00 bits per heavy atom. The summed E-state index contributed by atoms with van der Waals surface area (Å²) in [6.07, 6.45) is 1.14. The Kier molecular flexibility index (Phi) is 2.25. The average Bonchev–Trinajstić information content (AvgIpc) is 1.30. The van der Waals surface area contributed by atoms with Crippen LogP contribution in [0.4, 0.5) is 0 Å². The van der Waals surface area contributed by atoms with Crippen molar-refractivity contribution in [2.75, 3.05) is 5.75 Å². The maximum atomic E-state index is 9.73. The summed E-state index contributed by atoms with van der Waals surface area (Å²) in [5.74, 6) is -0.728. The fourth-order valence-corrected chi connectivity index (χ4v) is 0.345. The fourth-order valence-electron chi connectivity index (χ4n) is 0.0704. The first kappa shape index (κ1) is 6.91. The molecule has 3 nitrogen and oxygen atoms in total. The Balaban J connectivity index is 3.84. The van der Waals surface area contributed by atoms with Gasteiger partial charge in [-0.05, 0) is 0 Å². The first-order valence-electron chi connectivity index (χ1n) is 1.33. The van der Waals surface area contributed by atoms with Crippen LogP contribution in [0.1, 0.15) is 0 Å². The molecule has 0 saturated carbocycles. The Morgan fingerprint density at radius 1 is 1.57 bits per heavy atom. The van der Waals surface area contributed by atoms with Crippen LogP contribution >= 0.6 is 10.7 Å². The van der Waals surface area contributed by atoms with Crippen LogP contribution < -0.4 is 0 Å². The third-order valence-corrected chi connectivity index (χ3v) is 1.02. The Morgan fingerprint density at radius 2 is 2.00 bits per heavy atom. The van der Waals surface area contributed by atoms with E-state index in [2.05, 4.69) is 10.7 Å². The highest BCUT2D eigenvalue weighted by molar-refractivity contribution is 8.14. The molecule has 0 amide bonds. The molecule has 0 heterocycles. The van der Waals surface area contributed by atoms with Crippen molar-refractivity contribution in [3.8, 4) is 0 Å². The number of hydrogen-bond donors (Lipinski definition) is 0. The van der Waals surface area contributed by atoms with E-state index in [1.54, 1.807) is 0 Å². The molecule has 0 aliphatic rings. The van der Waals surface area contributed by atoms with Gasteiger partial charge in [-0.1, -0.05) is 0 Å². The van der Waals surface area contributed by atoms with Gasteiger partial charge in [0.25, 0.3) is 0 Å². The van der Waals surface area contributed by atoms with Crippen LogP contribution in [0, 0.1) is 0 Å². The van der Waals surface area contributed by atoms with Crippen molar-refractivity contribution in [1.29, 1.82) is 0 Å². The third kappa shape index (κ3) is 5.91. The van der Waals surface area contributed by atoms with Crippen LogP contribution in [0.15, 0.2) is 0 Å². The molecular weight excluding hydrogens is 140 g/mol. The molecular formula is C2H2ClO3S. The molecule has 0 aromatic heterocycles. The Labute approximate surface area is 45.7 Å². The summed E-state index contributed by atoms with van der Waals surface area (Å²) in [7, 11) is 0.917. The first-order valence-corrected chi connectivity index (χ1v) is 3.81. The minimum absolute atomic E-state index is 0.728. The SMILES string of the molecule is O=[C]CS(=O)(=O)Cl. The van der Waals surface area contributed by atoms with Crippen LogP contribution in [0.3, 0.4) is 0 Å². The van der Waals surface area contributed by atoms with E-state index in [4.69, 9.17) is 0 Å². The van der Waals surface area contributed by atoms with Gasteiger partial charge in [-0.2, -0.15) is 0 Å². The van der Waals surface area contributed by atoms with Crippen LogP contribution in [-0.4, -0.2) is 20.5 Å². The number of halogens is 1. The van der Waals surface area contributed by atoms with E-state index in [0.717, 1.165) is 6.29 Å². The summed E-state index contributed by atoms with van der Waals surface area (Å²) >= 11 is 0. The summed E-state index contributed by atoms with van der Waals surface area (Å²) < 4.78 is 19.5. The van der Waals surface area contributed by atoms with Crippen molar-refractivity contribution in [3.05, 3.63) is 0 Å². The zero-order chi connectivity index (χ0) is 5.91. The van der Waals surface area contributed by atoms with Crippen LogP contribution in [0.25, 0.3) is 0 Å². The fraction of sp³-hybridized carbons (Fsp3) is 0.500. The molecule has 0 rings (SSSR count). The molecule has 0 saturated heterocycles. The van der Waals surface area contributed by atoms with Gasteiger partial charge in [0.05, 0.1) is 0 Å². The molecule has 0 aromatic carbocycles. The highest BCUT2D eigenvalue weighted by atomic mass is 35.7. The second kappa shape index (κ2) is 2.28. The Bertz CT molecular complexity index is 146. The quantitative estimate of drug-likeness (QED) is 0.495. The molecule has 0 spiro atoms. The number of hydrogen-bond acceptors (Lipinski definition) is 3. The van der Waals surface area contributed by atoms with Gasteiger partial charge in [-0.25, -0.2) is 8.42 Å². The molecule has 0 N–H and O–H groups in total. The van der Waals surface area contributed by atoms with E-state index in [1.165, 1.54) is 0 Å². The van der Waals surface area contributed by atoms with Gasteiger partial charge in [-0.15, -0.1) is 0 Å². The number of carbonyl (C=O) groups excluding carboxylic acids is 1. The van der Waals surface area contributed by atoms with E-state index in [0.29, 0.717) is 0 Å². The van der Waals surface area contributed by atoms with Crippen molar-refractivity contribution in [3.63, 3.8) is 0 Å². The lowest BCUT2D eigenvalue weighted by atomic mass is 10.9. The molecule has 0 aromatic rings. The molecule has 1 radical (unpaired) electrons. The summed E-state index contributed by atoms with van der Waals surface area (Å²) in [6, 6.07) is 0. The molecule has 0 bridgehead atoms. The second-order valence-electron chi connectivity index (χ2n) is 0.828. The smallest absolute Gasteiger partial charge is 0.240 e. The van der Waals surface area contributed by atoms with Crippen molar-refractivity contribution in [2.24, 2.45) is 0 Å². The molecule has 0 atom stereocenters. The predicted octanol–water partition coefficient (Wildman–Crippen LogP) is -0.335. The highest BCUT2D eigenvalue weighted by Crippen LogP contribution is 1.90. The topological polar surface area (TPSA) is 51.2 Å². The zero-order valence-electron chi connectivity index (χ0n) is 3.22. The Hall–Kier alpha value is -0.0900. The second-order valence-corrected chi connectivity index (χ2v) is 3.60. The van der Waals surface area contributed by atoms with Crippen molar-refractivity contribution in [2.45, 2.75) is 0 Å². The summed E-state index contributed by atoms with van der Waals surface area (Å²) in [4.78, 5) is 9.23. The maximum absolute atomic E-state index is 9.73. The lowest BCUT2D eigenvalue weighted by molar-refractivity contribution is 0.558. The van der Waals surface area contributed by atoms with Crippen molar-refractivity contribution >= 4 is 26.0 Å². The van der Waals surface area contributed by atoms with Crippen molar-refractivity contribution < 1.29 is 13.2 Å². The summed E-state index contributed by atoms with van der Waals surface area (Å²) in [5.41, 5.74) is 0. The van der Waals surface area contributed by atoms with Gasteiger partial charge in [0.15, 0.2) is 0 Å². The van der Waals surface area contributed by atoms with Gasteiger partial charge in [0.1, 0.15) is 5.75 Å². The van der Waals surface area contributed by atoms with E-state index >= 15 is 0 Å². The van der Waals surface area contributed by atoms with Gasteiger partial charge < -0.3 is 0 Å². The monoisotopic (exact) mass is 141 g/mol. The van der Waals surface area contributed by atoms with Crippen LogP contribution in [0.5, 0.6) is 0 Å². The lowest BCUT2D eigenvalue weighted by Crippen LogP contribution is -1.96. The van der Waals surface area contributed by atoms with Gasteiger partial charge >= 0.3 is 0 Å². The first-order chi connectivity index (χ1) is 3.06. The molecule has 0 aliphatic heterocycles. The minimum Gasteiger partial charge on any atom is -0.290 e. The van der Waals surface area contributed by atoms with E-state index in [9.17, 15) is 13.2 Å². The van der Waals surface area contributed by atoms with E-state index in [1.807, 2.05) is 0 Å². The molecule has 5 heteroatoms. The molecule has 7 heavy (non-hydrogen) atoms. The summed E-state index contributed by atoms with van der Waals surface area (Å²) in [5, 5.41) is 0. The van der Waals surface area contributed by atoms with Crippen LogP contribution in [0.2, 0.25) is 0 Å². The molecule has 0 aliphatic carbocycles. The van der Waals surface area contributed by atoms with Crippen molar-refractivity contribution in [1.82, 2.24) is 0 Å². The van der Waals surface area contributed by atoms with Gasteiger partial charge in [0.2, 0.25) is 15.3 Å². The summed E-state index contributed by atoms with van der Waals surface area (Å²) in [6.45, 7) is 0. The zero-order valence-corrected chi connectivity index (χ0v) is 4.79. The van der Waals surface area contributed by atoms with Gasteiger partial charge in [-0.3, -0.25) is 4.79 Å². The van der Waals surface area contributed by atoms with Crippen LogP contribution in [-0.2, 0) is 13.8 Å². The number of rotatable bonds is 2. The molecule has 0 unspecified atom stereocenters. The third-order valence-electron chi connectivity index (χ3n) is 0.231. The predicted molar refractivity (Wildman–Crippen MR) is 25.3 cm³/mol. The largest absolute Gasteiger partial charge is 0.290 e. The average molecular weight is 142 g/mol. The molecule has 41 valence electrons. The highest BCUT2D eigenvalue weighted by Gasteiger charge is 2.01.